The smallest absolute Gasteiger partial charge is 0.243 e. The summed E-state index contributed by atoms with van der Waals surface area (Å²) in [5.74, 6) is 7.25. The molecule has 1 unspecified atom stereocenters. The van der Waals surface area contributed by atoms with Crippen LogP contribution in [0, 0.1) is 0 Å². The average Bonchev–Trinajstić information content (AvgIpc) is 2.99. The number of nitrogens with one attached hydrogen (secondary N) is 1. The van der Waals surface area contributed by atoms with Crippen LogP contribution in [0.25, 0.3) is 0 Å². The molecule has 0 aromatic carbocycles. The van der Waals surface area contributed by atoms with Crippen LogP contribution in [0.5, 0.6) is 0 Å². The van der Waals surface area contributed by atoms with Crippen molar-refractivity contribution in [3.8, 4) is 0 Å². The highest BCUT2D eigenvalue weighted by molar-refractivity contribution is 5.45. The maximum Gasteiger partial charge on any atom is 0.243 e. The summed E-state index contributed by atoms with van der Waals surface area (Å²) >= 11 is 0. The molecule has 1 saturated heterocycles. The summed E-state index contributed by atoms with van der Waals surface area (Å²) in [7, 11) is 2.00. The first kappa shape index (κ1) is 13.8. The lowest BCUT2D eigenvalue weighted by molar-refractivity contribution is 0.646. The van der Waals surface area contributed by atoms with Gasteiger partial charge < -0.3 is 9.80 Å². The van der Waals surface area contributed by atoms with E-state index in [1.165, 1.54) is 12.8 Å². The summed E-state index contributed by atoms with van der Waals surface area (Å²) in [5.41, 5.74) is 2.53. The van der Waals surface area contributed by atoms with E-state index < -0.39 is 0 Å². The molecule has 106 valence electrons. The van der Waals surface area contributed by atoms with Gasteiger partial charge in [-0.25, -0.2) is 5.84 Å². The second-order valence-electron chi connectivity index (χ2n) is 4.97. The van der Waals surface area contributed by atoms with Crippen molar-refractivity contribution in [2.24, 2.45) is 5.84 Å². The van der Waals surface area contributed by atoms with E-state index in [9.17, 15) is 0 Å². The van der Waals surface area contributed by atoms with Crippen molar-refractivity contribution in [1.82, 2.24) is 15.0 Å². The molecule has 2 rings (SSSR count). The lowest BCUT2D eigenvalue weighted by atomic mass is 10.2. The van der Waals surface area contributed by atoms with Gasteiger partial charge in [0.2, 0.25) is 17.8 Å². The third kappa shape index (κ3) is 3.04. The molecule has 1 aliphatic rings. The van der Waals surface area contributed by atoms with Gasteiger partial charge in [-0.05, 0) is 26.2 Å². The number of rotatable bonds is 5. The molecule has 0 aliphatic carbocycles. The Kier molecular flexibility index (Phi) is 4.36. The molecule has 0 spiro atoms. The van der Waals surface area contributed by atoms with Crippen LogP contribution >= 0.6 is 0 Å². The molecule has 3 N–H and O–H groups in total. The van der Waals surface area contributed by atoms with Gasteiger partial charge in [-0.15, -0.1) is 0 Å². The molecule has 1 fully saturated rings. The highest BCUT2D eigenvalue weighted by atomic mass is 15.4. The molecule has 2 heterocycles. The maximum atomic E-state index is 5.46. The summed E-state index contributed by atoms with van der Waals surface area (Å²) in [5, 5.41) is 0. The minimum atomic E-state index is 0.374. The van der Waals surface area contributed by atoms with Crippen LogP contribution < -0.4 is 21.1 Å². The van der Waals surface area contributed by atoms with Crippen LogP contribution in [-0.4, -0.2) is 41.1 Å². The Labute approximate surface area is 114 Å². The van der Waals surface area contributed by atoms with Gasteiger partial charge in [-0.1, -0.05) is 6.92 Å². The van der Waals surface area contributed by atoms with Crippen molar-refractivity contribution in [1.29, 1.82) is 0 Å². The average molecular weight is 265 g/mol. The third-order valence-electron chi connectivity index (χ3n) is 3.70. The van der Waals surface area contributed by atoms with Crippen molar-refractivity contribution in [2.45, 2.75) is 39.2 Å². The summed E-state index contributed by atoms with van der Waals surface area (Å²) in [6, 6.07) is 0.374. The van der Waals surface area contributed by atoms with E-state index in [2.05, 4.69) is 44.0 Å². The van der Waals surface area contributed by atoms with Gasteiger partial charge in [0.25, 0.3) is 0 Å². The molecule has 1 aromatic rings. The van der Waals surface area contributed by atoms with E-state index in [0.717, 1.165) is 19.5 Å². The van der Waals surface area contributed by atoms with E-state index in [1.54, 1.807) is 0 Å². The molecule has 0 bridgehead atoms. The largest absolute Gasteiger partial charge is 0.341 e. The number of nitrogens with zero attached hydrogens (tertiary/aromatic N) is 5. The van der Waals surface area contributed by atoms with Crippen molar-refractivity contribution in [2.75, 3.05) is 35.4 Å². The fourth-order valence-electron chi connectivity index (χ4n) is 2.11. The van der Waals surface area contributed by atoms with Crippen LogP contribution in [0.1, 0.15) is 33.1 Å². The molecule has 0 amide bonds. The highest BCUT2D eigenvalue weighted by Gasteiger charge is 2.19. The third-order valence-corrected chi connectivity index (χ3v) is 3.70. The molecule has 0 radical (unpaired) electrons. The Morgan fingerprint density at radius 3 is 2.58 bits per heavy atom. The second kappa shape index (κ2) is 6.01. The standard InChI is InChI=1S/C12H23N7/c1-4-9(2)18(3)11-14-10(17-13)15-12(16-11)19-7-5-6-8-19/h9H,4-8,13H2,1-3H3,(H,14,15,16,17). The van der Waals surface area contributed by atoms with Crippen molar-refractivity contribution < 1.29 is 0 Å². The van der Waals surface area contributed by atoms with E-state index in [-0.39, 0.29) is 0 Å². The Morgan fingerprint density at radius 2 is 2.00 bits per heavy atom. The first-order valence-corrected chi connectivity index (χ1v) is 6.86. The van der Waals surface area contributed by atoms with Gasteiger partial charge in [-0.3, -0.25) is 5.43 Å². The zero-order valence-electron chi connectivity index (χ0n) is 11.9. The molecule has 1 aromatic heterocycles. The minimum Gasteiger partial charge on any atom is -0.341 e. The normalized spacial score (nSPS) is 16.5. The number of aromatic nitrogens is 3. The van der Waals surface area contributed by atoms with Gasteiger partial charge in [0.15, 0.2) is 0 Å². The Morgan fingerprint density at radius 1 is 1.32 bits per heavy atom. The molecule has 7 nitrogen and oxygen atoms in total. The quantitative estimate of drug-likeness (QED) is 0.606. The molecule has 1 atom stereocenters. The maximum absolute atomic E-state index is 5.46. The Balaban J connectivity index is 2.29. The topological polar surface area (TPSA) is 83.2 Å². The van der Waals surface area contributed by atoms with Crippen LogP contribution in [0.3, 0.4) is 0 Å². The molecule has 1 aliphatic heterocycles. The van der Waals surface area contributed by atoms with Crippen molar-refractivity contribution in [3.63, 3.8) is 0 Å². The SMILES string of the molecule is CCC(C)N(C)c1nc(NN)nc(N2CCCC2)n1. The lowest BCUT2D eigenvalue weighted by Crippen LogP contribution is -2.31. The van der Waals surface area contributed by atoms with Crippen molar-refractivity contribution >= 4 is 17.8 Å². The van der Waals surface area contributed by atoms with Gasteiger partial charge >= 0.3 is 0 Å². The monoisotopic (exact) mass is 265 g/mol. The molecular formula is C12H23N7. The zero-order chi connectivity index (χ0) is 13.8. The van der Waals surface area contributed by atoms with Gasteiger partial charge in [-0.2, -0.15) is 15.0 Å². The minimum absolute atomic E-state index is 0.374. The number of anilines is 3. The van der Waals surface area contributed by atoms with E-state index in [0.29, 0.717) is 23.9 Å². The van der Waals surface area contributed by atoms with E-state index in [4.69, 9.17) is 5.84 Å². The number of hydrogen-bond acceptors (Lipinski definition) is 7. The van der Waals surface area contributed by atoms with Crippen molar-refractivity contribution in [3.05, 3.63) is 0 Å². The predicted molar refractivity (Wildman–Crippen MR) is 77.2 cm³/mol. The van der Waals surface area contributed by atoms with Crippen LogP contribution in [-0.2, 0) is 0 Å². The first-order valence-electron chi connectivity index (χ1n) is 6.86. The number of nitrogen functional groups attached to an aromatic ring is 1. The van der Waals surface area contributed by atoms with Crippen LogP contribution in [0.2, 0.25) is 0 Å². The van der Waals surface area contributed by atoms with E-state index in [1.807, 2.05) is 7.05 Å². The molecule has 7 heteroatoms. The lowest BCUT2D eigenvalue weighted by Gasteiger charge is -2.25. The summed E-state index contributed by atoms with van der Waals surface area (Å²) in [6.45, 7) is 6.29. The second-order valence-corrected chi connectivity index (χ2v) is 4.97. The highest BCUT2D eigenvalue weighted by Crippen LogP contribution is 2.20. The van der Waals surface area contributed by atoms with Gasteiger partial charge in [0.05, 0.1) is 0 Å². The first-order chi connectivity index (χ1) is 9.15. The van der Waals surface area contributed by atoms with Crippen LogP contribution in [0.15, 0.2) is 0 Å². The van der Waals surface area contributed by atoms with Gasteiger partial charge in [0.1, 0.15) is 0 Å². The molecule has 0 saturated carbocycles. The van der Waals surface area contributed by atoms with E-state index >= 15 is 0 Å². The zero-order valence-corrected chi connectivity index (χ0v) is 11.9. The predicted octanol–water partition coefficient (Wildman–Crippen LogP) is 0.992. The van der Waals surface area contributed by atoms with Crippen LogP contribution in [0.4, 0.5) is 17.8 Å². The number of hydrogen-bond donors (Lipinski definition) is 2. The summed E-state index contributed by atoms with van der Waals surface area (Å²) in [6.07, 6.45) is 3.41. The summed E-state index contributed by atoms with van der Waals surface area (Å²) in [4.78, 5) is 17.5. The molecular weight excluding hydrogens is 242 g/mol. The fraction of sp³-hybridized carbons (Fsp3) is 0.750. The number of nitrogens with two attached hydrogens (primary N) is 1. The Hall–Kier alpha value is -1.63. The summed E-state index contributed by atoms with van der Waals surface area (Å²) < 4.78 is 0. The Bertz CT molecular complexity index is 417. The van der Waals surface area contributed by atoms with Gasteiger partial charge in [0, 0.05) is 26.2 Å². The molecule has 19 heavy (non-hydrogen) atoms. The fourth-order valence-corrected chi connectivity index (χ4v) is 2.11. The number of hydrazine groups is 1.